The highest BCUT2D eigenvalue weighted by Gasteiger charge is 2.50. The predicted octanol–water partition coefficient (Wildman–Crippen LogP) is 0.578. The number of nitrogens with zero attached hydrogens (tertiary/aromatic N) is 5. The van der Waals surface area contributed by atoms with Crippen molar-refractivity contribution in [1.29, 1.82) is 0 Å². The Kier molecular flexibility index (Phi) is 6.77. The maximum absolute atomic E-state index is 13.2. The van der Waals surface area contributed by atoms with Crippen LogP contribution in [0.5, 0.6) is 0 Å². The number of imide groups is 1. The van der Waals surface area contributed by atoms with Gasteiger partial charge in [0, 0.05) is 51.2 Å². The van der Waals surface area contributed by atoms with Crippen LogP contribution < -0.4 is 15.5 Å². The zero-order valence-corrected chi connectivity index (χ0v) is 19.3. The van der Waals surface area contributed by atoms with Gasteiger partial charge >= 0.3 is 6.03 Å². The van der Waals surface area contributed by atoms with E-state index < -0.39 is 33.3 Å². The maximum atomic E-state index is 13.2. The van der Waals surface area contributed by atoms with Crippen molar-refractivity contribution in [3.8, 4) is 0 Å². The molecule has 0 bridgehead atoms. The third-order valence-electron chi connectivity index (χ3n) is 5.73. The Labute approximate surface area is 196 Å². The molecule has 2 aliphatic rings. The van der Waals surface area contributed by atoms with Crippen LogP contribution in [0.2, 0.25) is 5.02 Å². The minimum absolute atomic E-state index is 0.150. The minimum atomic E-state index is -3.83. The molecule has 2 fully saturated rings. The molecular weight excluding hydrogens is 470 g/mol. The first-order chi connectivity index (χ1) is 15.8. The monoisotopic (exact) mass is 493 g/mol. The summed E-state index contributed by atoms with van der Waals surface area (Å²) in [5.74, 6) is 0.173. The van der Waals surface area contributed by atoms with E-state index in [9.17, 15) is 18.0 Å². The first-order valence-corrected chi connectivity index (χ1v) is 12.5. The molecule has 0 radical (unpaired) electrons. The van der Waals surface area contributed by atoms with Gasteiger partial charge in [-0.1, -0.05) is 11.6 Å². The molecule has 0 spiro atoms. The van der Waals surface area contributed by atoms with Crippen molar-refractivity contribution >= 4 is 39.4 Å². The number of pyridine rings is 1. The number of rotatable bonds is 8. The van der Waals surface area contributed by atoms with Gasteiger partial charge in [0.1, 0.15) is 17.2 Å². The highest BCUT2D eigenvalue weighted by Crippen LogP contribution is 2.24. The Balaban J connectivity index is 1.41. The van der Waals surface area contributed by atoms with E-state index in [1.54, 1.807) is 36.8 Å². The second-order valence-electron chi connectivity index (χ2n) is 7.99. The number of anilines is 1. The molecular formula is C20H24ClN7O4S. The summed E-state index contributed by atoms with van der Waals surface area (Å²) in [4.78, 5) is 39.1. The van der Waals surface area contributed by atoms with Crippen molar-refractivity contribution < 1.29 is 18.0 Å². The van der Waals surface area contributed by atoms with Crippen LogP contribution in [0.3, 0.4) is 0 Å². The topological polar surface area (TPSA) is 137 Å². The summed E-state index contributed by atoms with van der Waals surface area (Å²) < 4.78 is 27.8. The van der Waals surface area contributed by atoms with Gasteiger partial charge in [0.15, 0.2) is 0 Å². The van der Waals surface area contributed by atoms with Crippen molar-refractivity contribution in [1.82, 2.24) is 29.9 Å². The number of halogens is 1. The molecule has 0 unspecified atom stereocenters. The van der Waals surface area contributed by atoms with Crippen molar-refractivity contribution in [2.75, 3.05) is 36.8 Å². The van der Waals surface area contributed by atoms with Crippen molar-refractivity contribution in [3.63, 3.8) is 0 Å². The van der Waals surface area contributed by atoms with Gasteiger partial charge in [-0.15, -0.1) is 0 Å². The fourth-order valence-corrected chi connectivity index (χ4v) is 6.02. The molecule has 0 aliphatic carbocycles. The Bertz CT molecular complexity index is 1110. The summed E-state index contributed by atoms with van der Waals surface area (Å²) in [6.07, 6.45) is 5.82. The zero-order valence-electron chi connectivity index (χ0n) is 17.8. The van der Waals surface area contributed by atoms with Crippen LogP contribution in [0.4, 0.5) is 10.6 Å². The molecule has 2 saturated heterocycles. The zero-order chi connectivity index (χ0) is 23.5. The predicted molar refractivity (Wildman–Crippen MR) is 121 cm³/mol. The second-order valence-corrected chi connectivity index (χ2v) is 10.4. The minimum Gasteiger partial charge on any atom is -0.354 e. The molecule has 1 atom stereocenters. The molecule has 33 heavy (non-hydrogen) atoms. The molecule has 2 aliphatic heterocycles. The fraction of sp³-hybridized carbons (Fsp3) is 0.450. The number of piperazine rings is 1. The van der Waals surface area contributed by atoms with Crippen LogP contribution in [-0.2, 0) is 21.2 Å². The molecule has 0 aromatic carbocycles. The van der Waals surface area contributed by atoms with Gasteiger partial charge in [-0.2, -0.15) is 4.31 Å². The Hall–Kier alpha value is -2.83. The Morgan fingerprint density at radius 2 is 1.79 bits per heavy atom. The van der Waals surface area contributed by atoms with Crippen LogP contribution in [0.1, 0.15) is 18.7 Å². The van der Waals surface area contributed by atoms with Gasteiger partial charge < -0.3 is 10.2 Å². The fourth-order valence-electron chi connectivity index (χ4n) is 4.04. The number of amides is 3. The summed E-state index contributed by atoms with van der Waals surface area (Å²) in [5, 5.41) is 5.27. The summed E-state index contributed by atoms with van der Waals surface area (Å²) in [6, 6.07) is 4.53. The van der Waals surface area contributed by atoms with Gasteiger partial charge in [-0.3, -0.25) is 10.1 Å². The van der Waals surface area contributed by atoms with Crippen LogP contribution in [0, 0.1) is 0 Å². The van der Waals surface area contributed by atoms with E-state index >= 15 is 0 Å². The lowest BCUT2D eigenvalue weighted by molar-refractivity contribution is -0.123. The SMILES string of the molecule is O=C1NC(=O)[C@](CCCc2ncccn2)(CS(=O)(=O)N2CCN(c3ccc(Cl)cn3)CC2)N1. The average molecular weight is 494 g/mol. The molecule has 11 nitrogen and oxygen atoms in total. The third-order valence-corrected chi connectivity index (χ3v) is 7.97. The molecule has 2 aromatic heterocycles. The molecule has 2 aromatic rings. The first-order valence-electron chi connectivity index (χ1n) is 10.5. The van der Waals surface area contributed by atoms with Crippen molar-refractivity contribution in [2.45, 2.75) is 24.8 Å². The van der Waals surface area contributed by atoms with E-state index in [0.29, 0.717) is 36.8 Å². The summed E-state index contributed by atoms with van der Waals surface area (Å²) in [5.41, 5.74) is -1.53. The van der Waals surface area contributed by atoms with Crippen LogP contribution in [0.15, 0.2) is 36.8 Å². The van der Waals surface area contributed by atoms with Gasteiger partial charge in [0.2, 0.25) is 10.0 Å². The van der Waals surface area contributed by atoms with E-state index in [1.807, 2.05) is 4.90 Å². The van der Waals surface area contributed by atoms with Crippen LogP contribution in [0.25, 0.3) is 0 Å². The van der Waals surface area contributed by atoms with E-state index in [0.717, 1.165) is 5.82 Å². The number of hydrogen-bond donors (Lipinski definition) is 2. The van der Waals surface area contributed by atoms with Gasteiger partial charge in [0.25, 0.3) is 5.91 Å². The lowest BCUT2D eigenvalue weighted by atomic mass is 9.95. The van der Waals surface area contributed by atoms with E-state index in [2.05, 4.69) is 25.6 Å². The lowest BCUT2D eigenvalue weighted by Crippen LogP contribution is -2.57. The molecule has 13 heteroatoms. The van der Waals surface area contributed by atoms with Crippen LogP contribution >= 0.6 is 11.6 Å². The highest BCUT2D eigenvalue weighted by atomic mass is 35.5. The Morgan fingerprint density at radius 1 is 1.06 bits per heavy atom. The molecule has 4 heterocycles. The number of carbonyl (C=O) groups excluding carboxylic acids is 2. The number of hydrogen-bond acceptors (Lipinski definition) is 8. The maximum Gasteiger partial charge on any atom is 0.322 e. The van der Waals surface area contributed by atoms with Gasteiger partial charge in [-0.25, -0.2) is 28.2 Å². The third kappa shape index (κ3) is 5.40. The molecule has 3 amide bonds. The number of aryl methyl sites for hydroxylation is 1. The first kappa shape index (κ1) is 23.3. The van der Waals surface area contributed by atoms with Gasteiger partial charge in [0.05, 0.1) is 10.8 Å². The number of nitrogens with one attached hydrogen (secondary N) is 2. The standard InChI is InChI=1S/C20H24ClN7O4S/c21-15-4-5-17(24-13-15)27-9-11-28(12-10-27)33(31,32)14-20(18(29)25-19(30)26-20)6-1-3-16-22-7-2-8-23-16/h2,4-5,7-8,13H,1,3,6,9-12,14H2,(H2,25,26,29,30)/t20-/m0/s1. The van der Waals surface area contributed by atoms with Crippen LogP contribution in [-0.4, -0.2) is 77.1 Å². The van der Waals surface area contributed by atoms with E-state index in [-0.39, 0.29) is 19.5 Å². The largest absolute Gasteiger partial charge is 0.354 e. The number of urea groups is 1. The number of aromatic nitrogens is 3. The van der Waals surface area contributed by atoms with Crippen molar-refractivity contribution in [2.24, 2.45) is 0 Å². The lowest BCUT2D eigenvalue weighted by Gasteiger charge is -2.36. The molecule has 4 rings (SSSR count). The highest BCUT2D eigenvalue weighted by molar-refractivity contribution is 7.89. The Morgan fingerprint density at radius 3 is 2.39 bits per heavy atom. The summed E-state index contributed by atoms with van der Waals surface area (Å²) in [6.45, 7) is 1.39. The average Bonchev–Trinajstić information content (AvgIpc) is 3.07. The van der Waals surface area contributed by atoms with Gasteiger partial charge in [-0.05, 0) is 31.0 Å². The van der Waals surface area contributed by atoms with E-state index in [4.69, 9.17) is 11.6 Å². The van der Waals surface area contributed by atoms with E-state index in [1.165, 1.54) is 4.31 Å². The quantitative estimate of drug-likeness (QED) is 0.509. The second kappa shape index (κ2) is 9.57. The number of sulfonamides is 1. The summed E-state index contributed by atoms with van der Waals surface area (Å²) in [7, 11) is -3.83. The summed E-state index contributed by atoms with van der Waals surface area (Å²) >= 11 is 5.88. The molecule has 2 N–H and O–H groups in total. The van der Waals surface area contributed by atoms with Crippen molar-refractivity contribution in [3.05, 3.63) is 47.6 Å². The molecule has 176 valence electrons. The number of carbonyl (C=O) groups is 2. The normalized spacial score (nSPS) is 21.7. The molecule has 0 saturated carbocycles. The smallest absolute Gasteiger partial charge is 0.322 e.